The van der Waals surface area contributed by atoms with Gasteiger partial charge in [0.15, 0.2) is 0 Å². The van der Waals surface area contributed by atoms with Crippen LogP contribution in [0, 0.1) is 0 Å². The molecule has 0 unspecified atom stereocenters. The first kappa shape index (κ1) is 15.8. The van der Waals surface area contributed by atoms with Gasteiger partial charge in [-0.3, -0.25) is 0 Å². The molecule has 0 bridgehead atoms. The molecule has 0 aliphatic rings. The molecule has 2 aromatic rings. The van der Waals surface area contributed by atoms with E-state index in [9.17, 15) is 5.11 Å². The lowest BCUT2D eigenvalue weighted by Crippen LogP contribution is -2.09. The van der Waals surface area contributed by atoms with Crippen molar-refractivity contribution in [2.24, 2.45) is 5.73 Å². The van der Waals surface area contributed by atoms with Crippen molar-refractivity contribution in [3.8, 4) is 5.75 Å². The average Bonchev–Trinajstić information content (AvgIpc) is 2.38. The first-order valence-corrected chi connectivity index (χ1v) is 6.69. The van der Waals surface area contributed by atoms with Gasteiger partial charge in [-0.25, -0.2) is 0 Å². The van der Waals surface area contributed by atoms with E-state index in [0.717, 1.165) is 17.2 Å². The zero-order valence-electron chi connectivity index (χ0n) is 11.3. The topological polar surface area (TPSA) is 46.2 Å². The Morgan fingerprint density at radius 2 is 1.74 bits per heavy atom. The summed E-state index contributed by atoms with van der Waals surface area (Å²) >= 11 is 0. The number of phenols is 1. The Labute approximate surface area is 121 Å². The molecule has 3 N–H and O–H groups in total. The molecular formula is C16H22ClNO. The molecule has 0 heterocycles. The lowest BCUT2D eigenvalue weighted by molar-refractivity contribution is 0.476. The summed E-state index contributed by atoms with van der Waals surface area (Å²) in [5.74, 6) is 0.308. The number of hydrogen-bond donors (Lipinski definition) is 2. The summed E-state index contributed by atoms with van der Waals surface area (Å²) in [4.78, 5) is 0. The number of unbranched alkanes of at least 4 members (excludes halogenated alkanes) is 2. The van der Waals surface area contributed by atoms with Gasteiger partial charge in [0.05, 0.1) is 0 Å². The second-order valence-corrected chi connectivity index (χ2v) is 4.89. The first-order chi connectivity index (χ1) is 8.70. The fourth-order valence-electron chi connectivity index (χ4n) is 2.26. The van der Waals surface area contributed by atoms with E-state index in [1.54, 1.807) is 12.1 Å². The molecule has 2 nitrogen and oxygen atoms in total. The SMILES string of the molecule is CCCCC[C@H](N)c1ccc2cc(O)ccc2c1.Cl. The predicted molar refractivity (Wildman–Crippen MR) is 83.9 cm³/mol. The number of phenolic OH excluding ortho intramolecular Hbond substituents is 1. The average molecular weight is 280 g/mol. The molecule has 0 amide bonds. The highest BCUT2D eigenvalue weighted by Gasteiger charge is 2.06. The van der Waals surface area contributed by atoms with Crippen LogP contribution in [0.3, 0.4) is 0 Å². The molecule has 2 aromatic carbocycles. The smallest absolute Gasteiger partial charge is 0.116 e. The molecule has 0 saturated heterocycles. The van der Waals surface area contributed by atoms with Crippen LogP contribution in [0.25, 0.3) is 10.8 Å². The molecule has 0 aliphatic heterocycles. The Morgan fingerprint density at radius 3 is 2.47 bits per heavy atom. The quantitative estimate of drug-likeness (QED) is 0.789. The third-order valence-corrected chi connectivity index (χ3v) is 3.39. The molecule has 0 saturated carbocycles. The van der Waals surface area contributed by atoms with E-state index >= 15 is 0 Å². The Hall–Kier alpha value is -1.25. The van der Waals surface area contributed by atoms with Gasteiger partial charge in [-0.1, -0.05) is 44.4 Å². The van der Waals surface area contributed by atoms with Crippen molar-refractivity contribution in [3.05, 3.63) is 42.0 Å². The lowest BCUT2D eigenvalue weighted by atomic mass is 9.98. The standard InChI is InChI=1S/C16H21NO.ClH/c1-2-3-4-5-16(17)14-7-6-13-11-15(18)9-8-12(13)10-14;/h6-11,16,18H,2-5,17H2,1H3;1H/t16-;/m0./s1. The van der Waals surface area contributed by atoms with Gasteiger partial charge in [0.25, 0.3) is 0 Å². The van der Waals surface area contributed by atoms with Gasteiger partial charge < -0.3 is 10.8 Å². The van der Waals surface area contributed by atoms with Crippen LogP contribution in [-0.4, -0.2) is 5.11 Å². The normalized spacial score (nSPS) is 12.1. The Kier molecular flexibility index (Phi) is 6.13. The van der Waals surface area contributed by atoms with E-state index in [1.165, 1.54) is 24.8 Å². The van der Waals surface area contributed by atoms with Crippen LogP contribution in [0.2, 0.25) is 0 Å². The van der Waals surface area contributed by atoms with E-state index in [0.29, 0.717) is 5.75 Å². The van der Waals surface area contributed by atoms with Crippen molar-refractivity contribution in [2.75, 3.05) is 0 Å². The fourth-order valence-corrected chi connectivity index (χ4v) is 2.26. The van der Waals surface area contributed by atoms with Gasteiger partial charge in [0.2, 0.25) is 0 Å². The number of nitrogens with two attached hydrogens (primary N) is 1. The highest BCUT2D eigenvalue weighted by atomic mass is 35.5. The highest BCUT2D eigenvalue weighted by molar-refractivity contribution is 5.85. The maximum atomic E-state index is 9.43. The number of hydrogen-bond acceptors (Lipinski definition) is 2. The second kappa shape index (κ2) is 7.37. The van der Waals surface area contributed by atoms with E-state index in [1.807, 2.05) is 12.1 Å². The molecule has 1 atom stereocenters. The molecule has 0 spiro atoms. The van der Waals surface area contributed by atoms with Crippen molar-refractivity contribution >= 4 is 23.2 Å². The lowest BCUT2D eigenvalue weighted by Gasteiger charge is -2.12. The van der Waals surface area contributed by atoms with Crippen LogP contribution in [0.15, 0.2) is 36.4 Å². The van der Waals surface area contributed by atoms with Crippen molar-refractivity contribution in [1.82, 2.24) is 0 Å². The van der Waals surface area contributed by atoms with E-state index in [2.05, 4.69) is 19.1 Å². The van der Waals surface area contributed by atoms with Crippen LogP contribution in [0.4, 0.5) is 0 Å². The van der Waals surface area contributed by atoms with E-state index in [4.69, 9.17) is 5.73 Å². The van der Waals surface area contributed by atoms with E-state index < -0.39 is 0 Å². The van der Waals surface area contributed by atoms with Crippen molar-refractivity contribution in [1.29, 1.82) is 0 Å². The van der Waals surface area contributed by atoms with E-state index in [-0.39, 0.29) is 18.4 Å². The van der Waals surface area contributed by atoms with Crippen LogP contribution in [0.1, 0.15) is 44.2 Å². The predicted octanol–water partition coefficient (Wildman–Crippen LogP) is 4.55. The molecule has 0 radical (unpaired) electrons. The van der Waals surface area contributed by atoms with Gasteiger partial charge in [0, 0.05) is 6.04 Å². The largest absolute Gasteiger partial charge is 0.508 e. The van der Waals surface area contributed by atoms with Crippen molar-refractivity contribution in [2.45, 2.75) is 38.6 Å². The molecule has 0 fully saturated rings. The zero-order valence-corrected chi connectivity index (χ0v) is 12.1. The minimum Gasteiger partial charge on any atom is -0.508 e. The molecule has 0 aliphatic carbocycles. The number of benzene rings is 2. The zero-order chi connectivity index (χ0) is 13.0. The first-order valence-electron chi connectivity index (χ1n) is 6.69. The number of fused-ring (bicyclic) bond motifs is 1. The summed E-state index contributed by atoms with van der Waals surface area (Å²) in [7, 11) is 0. The van der Waals surface area contributed by atoms with Gasteiger partial charge in [-0.2, -0.15) is 0 Å². The van der Waals surface area contributed by atoms with Gasteiger partial charge in [0.1, 0.15) is 5.75 Å². The summed E-state index contributed by atoms with van der Waals surface area (Å²) in [6, 6.07) is 11.8. The third-order valence-electron chi connectivity index (χ3n) is 3.39. The van der Waals surface area contributed by atoms with Gasteiger partial charge in [-0.05, 0) is 41.0 Å². The van der Waals surface area contributed by atoms with Crippen LogP contribution < -0.4 is 5.73 Å². The molecular weight excluding hydrogens is 258 g/mol. The summed E-state index contributed by atoms with van der Waals surface area (Å²) < 4.78 is 0. The summed E-state index contributed by atoms with van der Waals surface area (Å²) in [5, 5.41) is 11.6. The highest BCUT2D eigenvalue weighted by Crippen LogP contribution is 2.25. The molecule has 0 aromatic heterocycles. The third kappa shape index (κ3) is 4.12. The molecule has 19 heavy (non-hydrogen) atoms. The van der Waals surface area contributed by atoms with Gasteiger partial charge >= 0.3 is 0 Å². The molecule has 104 valence electrons. The Bertz CT molecular complexity index is 527. The van der Waals surface area contributed by atoms with Crippen LogP contribution in [-0.2, 0) is 0 Å². The fraction of sp³-hybridized carbons (Fsp3) is 0.375. The molecule has 3 heteroatoms. The Balaban J connectivity index is 0.00000180. The maximum absolute atomic E-state index is 9.43. The van der Waals surface area contributed by atoms with Crippen molar-refractivity contribution < 1.29 is 5.11 Å². The second-order valence-electron chi connectivity index (χ2n) is 4.89. The minimum absolute atomic E-state index is 0. The van der Waals surface area contributed by atoms with Crippen LogP contribution >= 0.6 is 12.4 Å². The summed E-state index contributed by atoms with van der Waals surface area (Å²) in [5.41, 5.74) is 7.39. The monoisotopic (exact) mass is 279 g/mol. The maximum Gasteiger partial charge on any atom is 0.116 e. The summed E-state index contributed by atoms with van der Waals surface area (Å²) in [6.07, 6.45) is 4.70. The number of aromatic hydroxyl groups is 1. The number of rotatable bonds is 5. The summed E-state index contributed by atoms with van der Waals surface area (Å²) in [6.45, 7) is 2.20. The molecule has 2 rings (SSSR count). The van der Waals surface area contributed by atoms with Crippen molar-refractivity contribution in [3.63, 3.8) is 0 Å². The Morgan fingerprint density at radius 1 is 1.05 bits per heavy atom. The van der Waals surface area contributed by atoms with Gasteiger partial charge in [-0.15, -0.1) is 12.4 Å². The number of halogens is 1. The van der Waals surface area contributed by atoms with Crippen LogP contribution in [0.5, 0.6) is 5.75 Å². The minimum atomic E-state index is 0.